The summed E-state index contributed by atoms with van der Waals surface area (Å²) >= 11 is 0. The summed E-state index contributed by atoms with van der Waals surface area (Å²) in [6.45, 7) is 0.885. The summed E-state index contributed by atoms with van der Waals surface area (Å²) in [6.07, 6.45) is 4.25. The zero-order valence-electron chi connectivity index (χ0n) is 18.0. The first kappa shape index (κ1) is 22.5. The minimum absolute atomic E-state index is 0.0544. The van der Waals surface area contributed by atoms with Gasteiger partial charge in [-0.15, -0.1) is 5.10 Å². The number of ether oxygens (including phenoxy) is 1. The van der Waals surface area contributed by atoms with Crippen molar-refractivity contribution in [3.05, 3.63) is 71.8 Å². The van der Waals surface area contributed by atoms with Gasteiger partial charge in [0.1, 0.15) is 11.9 Å². The normalized spacial score (nSPS) is 15.6. The molecule has 1 amide bonds. The van der Waals surface area contributed by atoms with Gasteiger partial charge in [0.2, 0.25) is 0 Å². The van der Waals surface area contributed by atoms with Crippen molar-refractivity contribution in [2.24, 2.45) is 0 Å². The van der Waals surface area contributed by atoms with Crippen LogP contribution in [0.25, 0.3) is 11.1 Å². The maximum Gasteiger partial charge on any atom is 0.414 e. The number of carbonyl (C=O) groups excluding carboxylic acids is 1. The lowest BCUT2D eigenvalue weighted by Gasteiger charge is -2.17. The van der Waals surface area contributed by atoms with E-state index in [0.717, 1.165) is 11.0 Å². The van der Waals surface area contributed by atoms with E-state index in [1.165, 1.54) is 23.1 Å². The van der Waals surface area contributed by atoms with Gasteiger partial charge in [0.25, 0.3) is 0 Å². The van der Waals surface area contributed by atoms with E-state index in [1.54, 1.807) is 18.5 Å². The first-order valence-corrected chi connectivity index (χ1v) is 10.5. The second kappa shape index (κ2) is 9.50. The number of hydrogen-bond donors (Lipinski definition) is 2. The molecule has 1 aliphatic rings. The van der Waals surface area contributed by atoms with Gasteiger partial charge in [0.15, 0.2) is 11.6 Å². The molecule has 0 aliphatic carbocycles. The predicted octanol–water partition coefficient (Wildman–Crippen LogP) is 2.19. The van der Waals surface area contributed by atoms with Crippen molar-refractivity contribution in [1.29, 1.82) is 0 Å². The van der Waals surface area contributed by atoms with Gasteiger partial charge in [0, 0.05) is 37.1 Å². The fourth-order valence-corrected chi connectivity index (χ4v) is 3.70. The SMILES string of the molecule is O=C1OC(Cn2ccnn2)CN1c1cc(F)c(-c2ccc(CNCc3cn[nH]n3)nc2)c(F)c1F. The number of nitrogens with one attached hydrogen (secondary N) is 2. The van der Waals surface area contributed by atoms with Gasteiger partial charge in [-0.2, -0.15) is 15.4 Å². The predicted molar refractivity (Wildman–Crippen MR) is 114 cm³/mol. The summed E-state index contributed by atoms with van der Waals surface area (Å²) in [6, 6.07) is 3.79. The van der Waals surface area contributed by atoms with Crippen molar-refractivity contribution in [2.45, 2.75) is 25.7 Å². The van der Waals surface area contributed by atoms with E-state index in [0.29, 0.717) is 24.5 Å². The first-order chi connectivity index (χ1) is 17.0. The van der Waals surface area contributed by atoms with Gasteiger partial charge in [-0.3, -0.25) is 9.88 Å². The Labute approximate surface area is 195 Å². The molecule has 2 N–H and O–H groups in total. The minimum atomic E-state index is -1.42. The Balaban J connectivity index is 1.31. The zero-order valence-corrected chi connectivity index (χ0v) is 18.0. The smallest absolute Gasteiger partial charge is 0.414 e. The molecule has 1 aromatic carbocycles. The maximum absolute atomic E-state index is 15.0. The Kier molecular flexibility index (Phi) is 6.10. The molecule has 4 aromatic rings. The summed E-state index contributed by atoms with van der Waals surface area (Å²) in [5.41, 5.74) is 0.254. The van der Waals surface area contributed by atoms with Crippen molar-refractivity contribution in [3.63, 3.8) is 0 Å². The fraction of sp³-hybridized carbons (Fsp3) is 0.238. The summed E-state index contributed by atoms with van der Waals surface area (Å²) in [4.78, 5) is 17.3. The second-order valence-corrected chi connectivity index (χ2v) is 7.73. The molecule has 14 heteroatoms. The zero-order chi connectivity index (χ0) is 24.4. The van der Waals surface area contributed by atoms with E-state index in [-0.39, 0.29) is 18.7 Å². The molecule has 3 aromatic heterocycles. The van der Waals surface area contributed by atoms with Crippen molar-refractivity contribution in [2.75, 3.05) is 11.4 Å². The highest BCUT2D eigenvalue weighted by Crippen LogP contribution is 2.35. The molecule has 11 nitrogen and oxygen atoms in total. The number of cyclic esters (lactones) is 1. The van der Waals surface area contributed by atoms with Crippen LogP contribution in [0.5, 0.6) is 0 Å². The minimum Gasteiger partial charge on any atom is -0.442 e. The lowest BCUT2D eigenvalue weighted by atomic mass is 10.0. The Bertz CT molecular complexity index is 1320. The van der Waals surface area contributed by atoms with E-state index in [2.05, 4.69) is 36.0 Å². The molecule has 0 bridgehead atoms. The second-order valence-electron chi connectivity index (χ2n) is 7.73. The summed E-state index contributed by atoms with van der Waals surface area (Å²) in [5, 5.41) is 20.6. The van der Waals surface area contributed by atoms with Crippen LogP contribution in [0.3, 0.4) is 0 Å². The van der Waals surface area contributed by atoms with Crippen LogP contribution in [-0.2, 0) is 24.4 Å². The fourth-order valence-electron chi connectivity index (χ4n) is 3.70. The summed E-state index contributed by atoms with van der Waals surface area (Å²) in [5.74, 6) is -3.82. The van der Waals surface area contributed by atoms with Crippen molar-refractivity contribution < 1.29 is 22.7 Å². The number of amides is 1. The van der Waals surface area contributed by atoms with E-state index >= 15 is 0 Å². The average Bonchev–Trinajstić information content (AvgIpc) is 3.61. The molecule has 0 radical (unpaired) electrons. The third kappa shape index (κ3) is 4.68. The first-order valence-electron chi connectivity index (χ1n) is 10.5. The number of H-pyrrole nitrogens is 1. The average molecular weight is 485 g/mol. The number of aromatic amines is 1. The molecule has 35 heavy (non-hydrogen) atoms. The van der Waals surface area contributed by atoms with Crippen LogP contribution >= 0.6 is 0 Å². The number of pyridine rings is 1. The lowest BCUT2D eigenvalue weighted by Crippen LogP contribution is -2.27. The monoisotopic (exact) mass is 485 g/mol. The van der Waals surface area contributed by atoms with Crippen LogP contribution in [-0.4, -0.2) is 54.1 Å². The molecule has 1 atom stereocenters. The van der Waals surface area contributed by atoms with E-state index < -0.39 is 40.9 Å². The lowest BCUT2D eigenvalue weighted by molar-refractivity contribution is 0.129. The topological polar surface area (TPSA) is 127 Å². The number of aromatic nitrogens is 7. The van der Waals surface area contributed by atoms with Gasteiger partial charge in [0.05, 0.1) is 48.1 Å². The largest absolute Gasteiger partial charge is 0.442 e. The van der Waals surface area contributed by atoms with Crippen LogP contribution in [0.1, 0.15) is 11.4 Å². The van der Waals surface area contributed by atoms with Crippen LogP contribution in [0, 0.1) is 17.5 Å². The highest BCUT2D eigenvalue weighted by Gasteiger charge is 2.36. The van der Waals surface area contributed by atoms with Crippen molar-refractivity contribution >= 4 is 11.8 Å². The van der Waals surface area contributed by atoms with E-state index in [1.807, 2.05) is 0 Å². The van der Waals surface area contributed by atoms with E-state index in [4.69, 9.17) is 4.74 Å². The molecule has 5 rings (SSSR count). The summed E-state index contributed by atoms with van der Waals surface area (Å²) in [7, 11) is 0. The number of hydrogen-bond acceptors (Lipinski definition) is 8. The van der Waals surface area contributed by atoms with Gasteiger partial charge in [-0.1, -0.05) is 11.3 Å². The van der Waals surface area contributed by atoms with Crippen LogP contribution in [0.2, 0.25) is 0 Å². The van der Waals surface area contributed by atoms with Gasteiger partial charge < -0.3 is 10.1 Å². The van der Waals surface area contributed by atoms with Crippen molar-refractivity contribution in [1.82, 2.24) is 40.7 Å². The Morgan fingerprint density at radius 2 is 2.00 bits per heavy atom. The van der Waals surface area contributed by atoms with Crippen LogP contribution in [0.4, 0.5) is 23.7 Å². The molecular weight excluding hydrogens is 467 g/mol. The summed E-state index contributed by atoms with van der Waals surface area (Å²) < 4.78 is 51.5. The Morgan fingerprint density at radius 3 is 2.71 bits per heavy atom. The molecular formula is C21H18F3N9O2. The number of carbonyl (C=O) groups is 1. The van der Waals surface area contributed by atoms with Crippen LogP contribution in [0.15, 0.2) is 43.0 Å². The third-order valence-corrected chi connectivity index (χ3v) is 5.36. The number of benzene rings is 1. The Morgan fingerprint density at radius 1 is 1.14 bits per heavy atom. The highest BCUT2D eigenvalue weighted by molar-refractivity contribution is 5.90. The van der Waals surface area contributed by atoms with Crippen LogP contribution < -0.4 is 10.2 Å². The van der Waals surface area contributed by atoms with Crippen molar-refractivity contribution in [3.8, 4) is 11.1 Å². The van der Waals surface area contributed by atoms with Gasteiger partial charge >= 0.3 is 6.09 Å². The molecule has 1 aliphatic heterocycles. The van der Waals surface area contributed by atoms with E-state index in [9.17, 15) is 18.0 Å². The standard InChI is InChI=1S/C21H18F3N9O2/c22-16-5-17(33-11-15(35-21(33)34)10-32-4-3-27-31-32)19(23)20(24)18(16)12-1-2-13(26-6-12)7-25-8-14-9-28-30-29-14/h1-6,9,15,25H,7-8,10-11H2,(H,28,29,30). The number of halogens is 3. The molecule has 1 unspecified atom stereocenters. The quantitative estimate of drug-likeness (QED) is 0.364. The van der Waals surface area contributed by atoms with Gasteiger partial charge in [-0.05, 0) is 6.07 Å². The molecule has 4 heterocycles. The highest BCUT2D eigenvalue weighted by atomic mass is 19.2. The number of nitrogens with zero attached hydrogens (tertiary/aromatic N) is 7. The third-order valence-electron chi connectivity index (χ3n) is 5.36. The molecule has 180 valence electrons. The van der Waals surface area contributed by atoms with Gasteiger partial charge in [-0.25, -0.2) is 22.6 Å². The number of anilines is 1. The molecule has 1 fully saturated rings. The Hall–Kier alpha value is -4.33. The number of rotatable bonds is 8. The molecule has 0 spiro atoms. The maximum atomic E-state index is 15.0. The molecule has 0 saturated carbocycles. The molecule has 1 saturated heterocycles.